The molecule has 12 heteroatoms. The lowest BCUT2D eigenvalue weighted by atomic mass is 9.96. The van der Waals surface area contributed by atoms with E-state index in [4.69, 9.17) is 37.9 Å². The van der Waals surface area contributed by atoms with Crippen LogP contribution in [0.25, 0.3) is 43.8 Å². The lowest BCUT2D eigenvalue weighted by molar-refractivity contribution is 0.0526. The molecule has 10 aromatic rings. The van der Waals surface area contributed by atoms with Crippen molar-refractivity contribution in [3.8, 4) is 68.2 Å². The molecule has 12 nitrogen and oxygen atoms in total. The lowest BCUT2D eigenvalue weighted by Crippen LogP contribution is -2.33. The Hall–Kier alpha value is -9.62. The summed E-state index contributed by atoms with van der Waals surface area (Å²) in [6.07, 6.45) is 7.78. The monoisotopic (exact) mass is 1170 g/mol. The molecule has 88 heavy (non-hydrogen) atoms. The average molecular weight is 1170 g/mol. The van der Waals surface area contributed by atoms with E-state index in [-0.39, 0.29) is 18.5 Å². The van der Waals surface area contributed by atoms with E-state index < -0.39 is 0 Å². The molecule has 0 amide bonds. The third-order valence-electron chi connectivity index (χ3n) is 16.7. The van der Waals surface area contributed by atoms with Crippen LogP contribution in [0.5, 0.6) is 46.0 Å². The average Bonchev–Trinajstić information content (AvgIpc) is 1.78. The number of cyclic esters (lactones) is 2. The van der Waals surface area contributed by atoms with Crippen molar-refractivity contribution in [1.29, 1.82) is 0 Å². The highest BCUT2D eigenvalue weighted by atomic mass is 16.5. The third-order valence-corrected chi connectivity index (χ3v) is 16.7. The Morgan fingerprint density at radius 3 is 1.30 bits per heavy atom. The number of hydrogen-bond donors (Lipinski definition) is 0. The van der Waals surface area contributed by atoms with E-state index in [1.54, 1.807) is 0 Å². The maximum atomic E-state index is 12.4. The summed E-state index contributed by atoms with van der Waals surface area (Å²) in [4.78, 5) is 29.4. The SMILES string of the molecule is O=C1OCc2cc(-c3ccc4cc(OCc5ccccc5)ccc4c3Oc3ccc(OCCN4CCCCC4)cc3)ccc21.O=C1OCc2ccc(-c3ccc4cc(OCc5ccccc5)ccc4c3Oc3ccc(OCCN4CCCCC4)cc3)cc21. The van der Waals surface area contributed by atoms with Crippen molar-refractivity contribution >= 4 is 33.5 Å². The third kappa shape index (κ3) is 14.0. The van der Waals surface area contributed by atoms with Gasteiger partial charge in [-0.15, -0.1) is 0 Å². The van der Waals surface area contributed by atoms with E-state index in [2.05, 4.69) is 52.3 Å². The van der Waals surface area contributed by atoms with Crippen LogP contribution in [0.1, 0.15) is 81.5 Å². The van der Waals surface area contributed by atoms with Crippen molar-refractivity contribution in [2.75, 3.05) is 52.5 Å². The van der Waals surface area contributed by atoms with Crippen LogP contribution in [0.3, 0.4) is 0 Å². The fraction of sp³-hybridized carbons (Fsp3) is 0.237. The Bertz CT molecular complexity index is 4050. The molecule has 0 radical (unpaired) electrons. The van der Waals surface area contributed by atoms with Crippen LogP contribution in [-0.2, 0) is 35.9 Å². The molecule has 4 heterocycles. The van der Waals surface area contributed by atoms with E-state index in [9.17, 15) is 9.59 Å². The first-order valence-corrected chi connectivity index (χ1v) is 30.7. The Morgan fingerprint density at radius 2 is 0.784 bits per heavy atom. The zero-order chi connectivity index (χ0) is 59.4. The van der Waals surface area contributed by atoms with Crippen LogP contribution >= 0.6 is 0 Å². The summed E-state index contributed by atoms with van der Waals surface area (Å²) < 4.78 is 48.1. The molecule has 444 valence electrons. The fourth-order valence-corrected chi connectivity index (χ4v) is 11.9. The smallest absolute Gasteiger partial charge is 0.338 e. The Balaban J connectivity index is 0.000000162. The molecule has 0 saturated carbocycles. The summed E-state index contributed by atoms with van der Waals surface area (Å²) in [5.74, 6) is 5.53. The molecule has 0 unspecified atom stereocenters. The van der Waals surface area contributed by atoms with Gasteiger partial charge in [0.25, 0.3) is 0 Å². The number of carbonyl (C=O) groups is 2. The lowest BCUT2D eigenvalue weighted by Gasteiger charge is -2.26. The minimum absolute atomic E-state index is 0.275. The minimum atomic E-state index is -0.291. The number of ether oxygens (including phenoxy) is 8. The Morgan fingerprint density at radius 1 is 0.352 bits per heavy atom. The summed E-state index contributed by atoms with van der Waals surface area (Å²) in [6, 6.07) is 67.9. The molecule has 0 bridgehead atoms. The van der Waals surface area contributed by atoms with Gasteiger partial charge < -0.3 is 37.9 Å². The van der Waals surface area contributed by atoms with Crippen molar-refractivity contribution in [3.63, 3.8) is 0 Å². The van der Waals surface area contributed by atoms with Gasteiger partial charge in [0.15, 0.2) is 0 Å². The van der Waals surface area contributed by atoms with E-state index >= 15 is 0 Å². The zero-order valence-corrected chi connectivity index (χ0v) is 49.3. The van der Waals surface area contributed by atoms with Crippen LogP contribution in [-0.4, -0.2) is 74.2 Å². The maximum Gasteiger partial charge on any atom is 0.338 e. The summed E-state index contributed by atoms with van der Waals surface area (Å²) in [7, 11) is 0. The highest BCUT2D eigenvalue weighted by Gasteiger charge is 2.25. The predicted octanol–water partition coefficient (Wildman–Crippen LogP) is 16.8. The van der Waals surface area contributed by atoms with E-state index in [1.807, 2.05) is 164 Å². The van der Waals surface area contributed by atoms with Crippen LogP contribution in [0.15, 0.2) is 206 Å². The maximum absolute atomic E-state index is 12.4. The number of carbonyl (C=O) groups excluding carboxylic acids is 2. The Labute approximate surface area is 513 Å². The molecule has 2 fully saturated rings. The standard InChI is InChI=1S/2C38H35NO5/c40-38-36-17-10-28(23-30(36)26-43-38)34-16-9-29-24-33(42-25-27-7-3-1-4-8-27)15-18-35(29)37(34)44-32-13-11-31(12-14-32)41-22-21-39-19-5-2-6-20-39;40-38-36-24-29(9-10-30(36)26-43-38)34-17-11-28-23-33(42-25-27-7-3-1-4-8-27)16-18-35(28)37(34)44-32-14-12-31(13-15-32)41-22-21-39-19-5-2-6-20-39/h2*1,3-4,7-18,23-24H,2,5-6,19-22,25-26H2. The number of esters is 2. The Kier molecular flexibility index (Phi) is 17.9. The van der Waals surface area contributed by atoms with E-state index in [0.717, 1.165) is 134 Å². The van der Waals surface area contributed by atoms with Gasteiger partial charge in [-0.3, -0.25) is 9.80 Å². The number of nitrogens with zero attached hydrogens (tertiary/aromatic N) is 2. The van der Waals surface area contributed by atoms with Gasteiger partial charge in [0.05, 0.1) is 11.1 Å². The zero-order valence-electron chi connectivity index (χ0n) is 49.3. The predicted molar refractivity (Wildman–Crippen MR) is 343 cm³/mol. The second-order valence-electron chi connectivity index (χ2n) is 22.7. The van der Waals surface area contributed by atoms with Gasteiger partial charge in [0, 0.05) is 46.1 Å². The van der Waals surface area contributed by atoms with Crippen LogP contribution in [0.4, 0.5) is 0 Å². The summed E-state index contributed by atoms with van der Waals surface area (Å²) in [6.45, 7) is 9.48. The molecule has 0 aliphatic carbocycles. The molecular formula is C76H70N2O10. The molecule has 4 aliphatic heterocycles. The summed E-state index contributed by atoms with van der Waals surface area (Å²) >= 11 is 0. The number of piperidine rings is 2. The first-order valence-electron chi connectivity index (χ1n) is 30.7. The molecule has 14 rings (SSSR count). The molecule has 0 spiro atoms. The van der Waals surface area contributed by atoms with Crippen molar-refractivity contribution in [1.82, 2.24) is 9.80 Å². The van der Waals surface area contributed by atoms with E-state index in [1.165, 1.54) is 38.5 Å². The van der Waals surface area contributed by atoms with Gasteiger partial charge in [0.1, 0.15) is 85.6 Å². The first kappa shape index (κ1) is 57.5. The first-order chi connectivity index (χ1) is 43.4. The van der Waals surface area contributed by atoms with Crippen molar-refractivity contribution in [2.24, 2.45) is 0 Å². The highest BCUT2D eigenvalue weighted by molar-refractivity contribution is 6.00. The normalized spacial score (nSPS) is 14.7. The van der Waals surface area contributed by atoms with Crippen LogP contribution < -0.4 is 28.4 Å². The highest BCUT2D eigenvalue weighted by Crippen LogP contribution is 2.44. The van der Waals surface area contributed by atoms with Gasteiger partial charge in [-0.25, -0.2) is 9.59 Å². The van der Waals surface area contributed by atoms with Crippen molar-refractivity contribution in [2.45, 2.75) is 65.0 Å². The number of fused-ring (bicyclic) bond motifs is 4. The molecule has 2 saturated heterocycles. The van der Waals surface area contributed by atoms with Gasteiger partial charge in [-0.05, 0) is 200 Å². The number of hydrogen-bond acceptors (Lipinski definition) is 12. The molecule has 0 aromatic heterocycles. The largest absolute Gasteiger partial charge is 0.492 e. The summed E-state index contributed by atoms with van der Waals surface area (Å²) in [5, 5.41) is 3.91. The number of rotatable bonds is 20. The molecule has 4 aliphatic rings. The van der Waals surface area contributed by atoms with Crippen LogP contribution in [0.2, 0.25) is 0 Å². The van der Waals surface area contributed by atoms with Gasteiger partial charge in [-0.2, -0.15) is 0 Å². The number of likely N-dealkylation sites (tertiary alicyclic amines) is 2. The molecule has 0 N–H and O–H groups in total. The summed E-state index contributed by atoms with van der Waals surface area (Å²) in [5.41, 5.74) is 8.90. The second kappa shape index (κ2) is 27.4. The molecule has 10 aromatic carbocycles. The van der Waals surface area contributed by atoms with Crippen molar-refractivity contribution < 1.29 is 47.5 Å². The fourth-order valence-electron chi connectivity index (χ4n) is 11.9. The molecule has 0 atom stereocenters. The minimum Gasteiger partial charge on any atom is -0.492 e. The van der Waals surface area contributed by atoms with E-state index in [0.29, 0.717) is 61.4 Å². The molecular weight excluding hydrogens is 1100 g/mol. The second-order valence-corrected chi connectivity index (χ2v) is 22.7. The van der Waals surface area contributed by atoms with Gasteiger partial charge in [-0.1, -0.05) is 104 Å². The quantitative estimate of drug-likeness (QED) is 0.0677. The van der Waals surface area contributed by atoms with Gasteiger partial charge in [0.2, 0.25) is 0 Å². The van der Waals surface area contributed by atoms with Crippen molar-refractivity contribution in [3.05, 3.63) is 240 Å². The van der Waals surface area contributed by atoms with Gasteiger partial charge >= 0.3 is 11.9 Å². The topological polar surface area (TPSA) is 114 Å². The number of benzene rings is 10. The van der Waals surface area contributed by atoms with Crippen LogP contribution in [0, 0.1) is 0 Å².